The number of benzene rings is 1. The summed E-state index contributed by atoms with van der Waals surface area (Å²) in [5, 5.41) is 2.75. The number of primary amides is 1. The Balaban J connectivity index is 1.84. The number of nitrogens with one attached hydrogen (secondary N) is 1. The summed E-state index contributed by atoms with van der Waals surface area (Å²) >= 11 is 0. The molecule has 138 valence electrons. The molecule has 6 heteroatoms. The smallest absolute Gasteiger partial charge is 0.254 e. The van der Waals surface area contributed by atoms with Gasteiger partial charge in [-0.15, -0.1) is 0 Å². The molecule has 0 fully saturated rings. The van der Waals surface area contributed by atoms with E-state index in [0.717, 1.165) is 17.1 Å². The second-order valence-electron chi connectivity index (χ2n) is 6.41. The number of hydrogen-bond donors (Lipinski definition) is 2. The number of pyridine rings is 1. The molecule has 0 aliphatic rings. The van der Waals surface area contributed by atoms with Crippen LogP contribution in [0.1, 0.15) is 39.0 Å². The Morgan fingerprint density at radius 3 is 2.44 bits per heavy atom. The number of amides is 2. The third-order valence-corrected chi connectivity index (χ3v) is 4.56. The largest absolute Gasteiger partial charge is 0.368 e. The topological polar surface area (TPSA) is 90.0 Å². The first-order valence-corrected chi connectivity index (χ1v) is 8.69. The first-order chi connectivity index (χ1) is 13.0. The van der Waals surface area contributed by atoms with Crippen molar-refractivity contribution in [1.82, 2.24) is 14.9 Å². The molecule has 2 amide bonds. The van der Waals surface area contributed by atoms with Gasteiger partial charge in [0.15, 0.2) is 0 Å². The van der Waals surface area contributed by atoms with E-state index in [1.54, 1.807) is 30.5 Å². The van der Waals surface area contributed by atoms with Gasteiger partial charge in [0.1, 0.15) is 6.04 Å². The molecule has 0 aliphatic carbocycles. The monoisotopic (exact) mass is 362 g/mol. The van der Waals surface area contributed by atoms with Gasteiger partial charge in [-0.1, -0.05) is 36.4 Å². The van der Waals surface area contributed by atoms with Gasteiger partial charge in [-0.2, -0.15) is 0 Å². The molecule has 0 bridgehead atoms. The molecule has 0 aliphatic heterocycles. The second kappa shape index (κ2) is 7.86. The van der Waals surface area contributed by atoms with Gasteiger partial charge in [0, 0.05) is 17.6 Å². The van der Waals surface area contributed by atoms with Crippen LogP contribution in [0.25, 0.3) is 0 Å². The summed E-state index contributed by atoms with van der Waals surface area (Å²) in [6.07, 6.45) is 1.74. The fourth-order valence-electron chi connectivity index (χ4n) is 3.10. The van der Waals surface area contributed by atoms with E-state index in [0.29, 0.717) is 17.7 Å². The van der Waals surface area contributed by atoms with E-state index in [4.69, 9.17) is 5.73 Å². The maximum absolute atomic E-state index is 12.8. The minimum Gasteiger partial charge on any atom is -0.368 e. The van der Waals surface area contributed by atoms with Crippen LogP contribution in [0.15, 0.2) is 60.8 Å². The van der Waals surface area contributed by atoms with Crippen LogP contribution >= 0.6 is 0 Å². The van der Waals surface area contributed by atoms with Crippen molar-refractivity contribution < 1.29 is 9.59 Å². The molecule has 0 saturated carbocycles. The van der Waals surface area contributed by atoms with Gasteiger partial charge < -0.3 is 15.6 Å². The summed E-state index contributed by atoms with van der Waals surface area (Å²) in [5.74, 6) is -0.931. The molecule has 0 unspecified atom stereocenters. The fourth-order valence-corrected chi connectivity index (χ4v) is 3.10. The van der Waals surface area contributed by atoms with Gasteiger partial charge in [0.25, 0.3) is 5.91 Å². The normalized spacial score (nSPS) is 11.8. The highest BCUT2D eigenvalue weighted by molar-refractivity contribution is 5.98. The Labute approximate surface area is 158 Å². The zero-order chi connectivity index (χ0) is 19.4. The Kier molecular flexibility index (Phi) is 5.35. The molecule has 0 spiro atoms. The van der Waals surface area contributed by atoms with Crippen LogP contribution in [-0.4, -0.2) is 21.4 Å². The molecule has 3 aromatic rings. The van der Waals surface area contributed by atoms with E-state index in [-0.39, 0.29) is 5.91 Å². The predicted octanol–water partition coefficient (Wildman–Crippen LogP) is 2.50. The molecule has 6 nitrogen and oxygen atoms in total. The Morgan fingerprint density at radius 1 is 1.11 bits per heavy atom. The Hall–Kier alpha value is -3.41. The Morgan fingerprint density at radius 2 is 1.81 bits per heavy atom. The van der Waals surface area contributed by atoms with Crippen LogP contribution < -0.4 is 11.1 Å². The third-order valence-electron chi connectivity index (χ3n) is 4.56. The van der Waals surface area contributed by atoms with Crippen molar-refractivity contribution in [3.05, 3.63) is 89.0 Å². The lowest BCUT2D eigenvalue weighted by Crippen LogP contribution is -2.37. The lowest BCUT2D eigenvalue weighted by Gasteiger charge is -2.16. The first-order valence-electron chi connectivity index (χ1n) is 8.69. The standard InChI is InChI=1S/C21H22N4O2/c1-14-12-18(15(2)25(14)13-17-10-6-7-11-23-17)21(27)24-19(20(22)26)16-8-4-3-5-9-16/h3-12,19H,13H2,1-2H3,(H2,22,26)(H,24,27)/t19-/m1/s1. The fraction of sp³-hybridized carbons (Fsp3) is 0.190. The van der Waals surface area contributed by atoms with Crippen LogP contribution in [0.2, 0.25) is 0 Å². The highest BCUT2D eigenvalue weighted by atomic mass is 16.2. The van der Waals surface area contributed by atoms with Crippen molar-refractivity contribution >= 4 is 11.8 Å². The number of aromatic nitrogens is 2. The zero-order valence-corrected chi connectivity index (χ0v) is 15.3. The van der Waals surface area contributed by atoms with Crippen molar-refractivity contribution in [2.24, 2.45) is 5.73 Å². The lowest BCUT2D eigenvalue weighted by molar-refractivity contribution is -0.120. The molecule has 2 heterocycles. The van der Waals surface area contributed by atoms with Crippen molar-refractivity contribution in [3.63, 3.8) is 0 Å². The number of nitrogens with zero attached hydrogens (tertiary/aromatic N) is 2. The highest BCUT2D eigenvalue weighted by Crippen LogP contribution is 2.19. The number of carbonyl (C=O) groups excluding carboxylic acids is 2. The maximum atomic E-state index is 12.8. The Bertz CT molecular complexity index is 949. The number of hydrogen-bond acceptors (Lipinski definition) is 3. The van der Waals surface area contributed by atoms with Crippen LogP contribution in [0.5, 0.6) is 0 Å². The van der Waals surface area contributed by atoms with E-state index in [9.17, 15) is 9.59 Å². The molecule has 3 rings (SSSR count). The minimum atomic E-state index is -0.877. The summed E-state index contributed by atoms with van der Waals surface area (Å²) in [6.45, 7) is 4.39. The SMILES string of the molecule is Cc1cc(C(=O)N[C@@H](C(N)=O)c2ccccc2)c(C)n1Cc1ccccn1. The number of aryl methyl sites for hydroxylation is 1. The molecule has 3 N–H and O–H groups in total. The number of carbonyl (C=O) groups is 2. The molecule has 1 aromatic carbocycles. The highest BCUT2D eigenvalue weighted by Gasteiger charge is 2.23. The van der Waals surface area contributed by atoms with E-state index in [1.165, 1.54) is 0 Å². The second-order valence-corrected chi connectivity index (χ2v) is 6.41. The average molecular weight is 362 g/mol. The number of rotatable bonds is 6. The van der Waals surface area contributed by atoms with Gasteiger partial charge >= 0.3 is 0 Å². The van der Waals surface area contributed by atoms with Crippen molar-refractivity contribution in [2.75, 3.05) is 0 Å². The molecule has 27 heavy (non-hydrogen) atoms. The summed E-state index contributed by atoms with van der Waals surface area (Å²) in [5.41, 5.74) is 9.34. The summed E-state index contributed by atoms with van der Waals surface area (Å²) in [6, 6.07) is 15.7. The van der Waals surface area contributed by atoms with Gasteiger partial charge in [0.05, 0.1) is 17.8 Å². The van der Waals surface area contributed by atoms with Gasteiger partial charge in [-0.05, 0) is 37.6 Å². The molecule has 0 saturated heterocycles. The quantitative estimate of drug-likeness (QED) is 0.706. The van der Waals surface area contributed by atoms with Gasteiger partial charge in [0.2, 0.25) is 5.91 Å². The van der Waals surface area contributed by atoms with Crippen LogP contribution in [-0.2, 0) is 11.3 Å². The van der Waals surface area contributed by atoms with Crippen LogP contribution in [0.4, 0.5) is 0 Å². The van der Waals surface area contributed by atoms with E-state index in [2.05, 4.69) is 10.3 Å². The third kappa shape index (κ3) is 4.06. The van der Waals surface area contributed by atoms with E-state index in [1.807, 2.05) is 48.7 Å². The molecular formula is C21H22N4O2. The first kappa shape index (κ1) is 18.4. The van der Waals surface area contributed by atoms with E-state index >= 15 is 0 Å². The van der Waals surface area contributed by atoms with E-state index < -0.39 is 11.9 Å². The molecular weight excluding hydrogens is 340 g/mol. The molecule has 1 atom stereocenters. The zero-order valence-electron chi connectivity index (χ0n) is 15.3. The molecule has 2 aromatic heterocycles. The summed E-state index contributed by atoms with van der Waals surface area (Å²) in [4.78, 5) is 29.0. The summed E-state index contributed by atoms with van der Waals surface area (Å²) in [7, 11) is 0. The van der Waals surface area contributed by atoms with Crippen molar-refractivity contribution in [2.45, 2.75) is 26.4 Å². The van der Waals surface area contributed by atoms with Crippen LogP contribution in [0.3, 0.4) is 0 Å². The van der Waals surface area contributed by atoms with Gasteiger partial charge in [-0.3, -0.25) is 14.6 Å². The molecule has 0 radical (unpaired) electrons. The van der Waals surface area contributed by atoms with Crippen molar-refractivity contribution in [3.8, 4) is 0 Å². The average Bonchev–Trinajstić information content (AvgIpc) is 2.95. The summed E-state index contributed by atoms with van der Waals surface area (Å²) < 4.78 is 2.03. The van der Waals surface area contributed by atoms with Crippen LogP contribution in [0, 0.1) is 13.8 Å². The lowest BCUT2D eigenvalue weighted by atomic mass is 10.1. The number of nitrogens with two attached hydrogens (primary N) is 1. The minimum absolute atomic E-state index is 0.331. The predicted molar refractivity (Wildman–Crippen MR) is 103 cm³/mol. The van der Waals surface area contributed by atoms with Crippen molar-refractivity contribution in [1.29, 1.82) is 0 Å². The van der Waals surface area contributed by atoms with Gasteiger partial charge in [-0.25, -0.2) is 0 Å². The maximum Gasteiger partial charge on any atom is 0.254 e.